The molecule has 2 aromatic carbocycles. The van der Waals surface area contributed by atoms with Crippen LogP contribution in [0.15, 0.2) is 54.6 Å². The molecule has 3 rings (SSSR count). The summed E-state index contributed by atoms with van der Waals surface area (Å²) in [6.07, 6.45) is 4.87. The highest BCUT2D eigenvalue weighted by atomic mass is 16.5. The molecule has 21 heavy (non-hydrogen) atoms. The predicted octanol–water partition coefficient (Wildman–Crippen LogP) is 4.52. The first-order valence-electron chi connectivity index (χ1n) is 7.91. The molecule has 0 bridgehead atoms. The van der Waals surface area contributed by atoms with E-state index < -0.39 is 0 Å². The number of ether oxygens (including phenoxy) is 1. The third-order valence-corrected chi connectivity index (χ3v) is 3.85. The summed E-state index contributed by atoms with van der Waals surface area (Å²) >= 11 is 0. The van der Waals surface area contributed by atoms with Crippen molar-refractivity contribution in [1.29, 1.82) is 0 Å². The van der Waals surface area contributed by atoms with Crippen LogP contribution in [0.4, 0.5) is 5.69 Å². The van der Waals surface area contributed by atoms with Gasteiger partial charge in [-0.1, -0.05) is 36.4 Å². The summed E-state index contributed by atoms with van der Waals surface area (Å²) in [5.41, 5.74) is 2.54. The Morgan fingerprint density at radius 2 is 1.86 bits per heavy atom. The molecule has 0 heterocycles. The first-order valence-corrected chi connectivity index (χ1v) is 7.91. The van der Waals surface area contributed by atoms with Crippen LogP contribution in [0.1, 0.15) is 24.8 Å². The Morgan fingerprint density at radius 1 is 1.00 bits per heavy atom. The van der Waals surface area contributed by atoms with Gasteiger partial charge in [0, 0.05) is 18.3 Å². The second-order valence-electron chi connectivity index (χ2n) is 5.79. The first-order chi connectivity index (χ1) is 10.4. The van der Waals surface area contributed by atoms with Crippen molar-refractivity contribution >= 4 is 5.69 Å². The van der Waals surface area contributed by atoms with Crippen LogP contribution in [0.25, 0.3) is 0 Å². The van der Waals surface area contributed by atoms with Gasteiger partial charge in [0.25, 0.3) is 0 Å². The fourth-order valence-corrected chi connectivity index (χ4v) is 2.39. The molecule has 1 fully saturated rings. The van der Waals surface area contributed by atoms with E-state index in [1.165, 1.54) is 24.1 Å². The summed E-state index contributed by atoms with van der Waals surface area (Å²) in [6, 6.07) is 18.9. The van der Waals surface area contributed by atoms with Crippen molar-refractivity contribution in [2.75, 3.05) is 18.5 Å². The van der Waals surface area contributed by atoms with Gasteiger partial charge in [0.2, 0.25) is 0 Å². The van der Waals surface area contributed by atoms with E-state index in [1.54, 1.807) is 0 Å². The molecule has 0 aliphatic heterocycles. The molecule has 110 valence electrons. The zero-order valence-corrected chi connectivity index (χ0v) is 12.4. The highest BCUT2D eigenvalue weighted by molar-refractivity contribution is 5.48. The van der Waals surface area contributed by atoms with Crippen molar-refractivity contribution in [3.8, 4) is 5.75 Å². The minimum atomic E-state index is 0.765. The third-order valence-electron chi connectivity index (χ3n) is 3.85. The Kier molecular flexibility index (Phi) is 4.78. The molecule has 0 amide bonds. The van der Waals surface area contributed by atoms with Crippen LogP contribution >= 0.6 is 0 Å². The normalized spacial score (nSPS) is 13.9. The van der Waals surface area contributed by atoms with Crippen molar-refractivity contribution in [3.05, 3.63) is 60.2 Å². The van der Waals surface area contributed by atoms with Gasteiger partial charge in [-0.25, -0.2) is 0 Å². The summed E-state index contributed by atoms with van der Waals surface area (Å²) in [6.45, 7) is 1.86. The lowest BCUT2D eigenvalue weighted by molar-refractivity contribution is 0.311. The third kappa shape index (κ3) is 4.82. The number of hydrogen-bond donors (Lipinski definition) is 1. The lowest BCUT2D eigenvalue weighted by Gasteiger charge is -2.09. The molecule has 1 saturated carbocycles. The van der Waals surface area contributed by atoms with Crippen molar-refractivity contribution in [2.24, 2.45) is 5.92 Å². The van der Waals surface area contributed by atoms with Gasteiger partial charge in [0.15, 0.2) is 0 Å². The van der Waals surface area contributed by atoms with E-state index in [0.29, 0.717) is 0 Å². The minimum absolute atomic E-state index is 0.765. The Labute approximate surface area is 127 Å². The standard InChI is InChI=1S/C19H23NO/c1-2-6-16(7-3-1)8-5-13-21-19-10-4-9-18(14-19)20-15-17-11-12-17/h1-4,6-7,9-10,14,17,20H,5,8,11-13,15H2. The van der Waals surface area contributed by atoms with Gasteiger partial charge in [0.05, 0.1) is 6.61 Å². The minimum Gasteiger partial charge on any atom is -0.494 e. The molecular weight excluding hydrogens is 258 g/mol. The zero-order chi connectivity index (χ0) is 14.3. The molecule has 0 radical (unpaired) electrons. The van der Waals surface area contributed by atoms with Gasteiger partial charge < -0.3 is 10.1 Å². The molecule has 0 spiro atoms. The summed E-state index contributed by atoms with van der Waals surface area (Å²) in [7, 11) is 0. The maximum atomic E-state index is 5.85. The van der Waals surface area contributed by atoms with Crippen molar-refractivity contribution in [2.45, 2.75) is 25.7 Å². The highest BCUT2D eigenvalue weighted by Crippen LogP contribution is 2.29. The lowest BCUT2D eigenvalue weighted by atomic mass is 10.1. The van der Waals surface area contributed by atoms with Crippen LogP contribution in [-0.2, 0) is 6.42 Å². The van der Waals surface area contributed by atoms with Crippen molar-refractivity contribution in [1.82, 2.24) is 0 Å². The molecule has 1 N–H and O–H groups in total. The fourth-order valence-electron chi connectivity index (χ4n) is 2.39. The average molecular weight is 281 g/mol. The smallest absolute Gasteiger partial charge is 0.121 e. The number of aryl methyl sites for hydroxylation is 1. The van der Waals surface area contributed by atoms with Crippen molar-refractivity contribution < 1.29 is 4.74 Å². The topological polar surface area (TPSA) is 21.3 Å². The molecule has 2 aromatic rings. The fraction of sp³-hybridized carbons (Fsp3) is 0.368. The number of hydrogen-bond acceptors (Lipinski definition) is 2. The SMILES string of the molecule is c1ccc(CCCOc2cccc(NCC3CC3)c2)cc1. The maximum absolute atomic E-state index is 5.85. The van der Waals surface area contributed by atoms with Crippen LogP contribution in [-0.4, -0.2) is 13.2 Å². The van der Waals surface area contributed by atoms with Gasteiger partial charge in [-0.2, -0.15) is 0 Å². The van der Waals surface area contributed by atoms with Crippen LogP contribution < -0.4 is 10.1 Å². The van der Waals surface area contributed by atoms with Crippen LogP contribution in [0, 0.1) is 5.92 Å². The van der Waals surface area contributed by atoms with E-state index in [9.17, 15) is 0 Å². The van der Waals surface area contributed by atoms with Crippen LogP contribution in [0.5, 0.6) is 5.75 Å². The average Bonchev–Trinajstić information content (AvgIpc) is 3.35. The first kappa shape index (κ1) is 14.0. The van der Waals surface area contributed by atoms with Crippen molar-refractivity contribution in [3.63, 3.8) is 0 Å². The quantitative estimate of drug-likeness (QED) is 0.718. The summed E-state index contributed by atoms with van der Waals surface area (Å²) in [5.74, 6) is 1.85. The summed E-state index contributed by atoms with van der Waals surface area (Å²) < 4.78 is 5.85. The number of benzene rings is 2. The Hall–Kier alpha value is -1.96. The monoisotopic (exact) mass is 281 g/mol. The van der Waals surface area contributed by atoms with E-state index in [-0.39, 0.29) is 0 Å². The Morgan fingerprint density at radius 3 is 2.67 bits per heavy atom. The van der Waals surface area contributed by atoms with Crippen LogP contribution in [0.2, 0.25) is 0 Å². The van der Waals surface area contributed by atoms with Gasteiger partial charge in [0.1, 0.15) is 5.75 Å². The predicted molar refractivity (Wildman–Crippen MR) is 87.9 cm³/mol. The molecule has 1 aliphatic carbocycles. The maximum Gasteiger partial charge on any atom is 0.121 e. The molecule has 2 nitrogen and oxygen atoms in total. The highest BCUT2D eigenvalue weighted by Gasteiger charge is 2.20. The second kappa shape index (κ2) is 7.16. The van der Waals surface area contributed by atoms with E-state index in [4.69, 9.17) is 4.74 Å². The molecule has 0 aromatic heterocycles. The van der Waals surface area contributed by atoms with E-state index in [2.05, 4.69) is 53.8 Å². The van der Waals surface area contributed by atoms with Gasteiger partial charge in [-0.3, -0.25) is 0 Å². The largest absolute Gasteiger partial charge is 0.494 e. The number of anilines is 1. The molecule has 1 aliphatic rings. The van der Waals surface area contributed by atoms with E-state index in [0.717, 1.165) is 37.7 Å². The summed E-state index contributed by atoms with van der Waals surface area (Å²) in [5, 5.41) is 3.48. The Bertz CT molecular complexity index is 549. The number of rotatable bonds is 8. The lowest BCUT2D eigenvalue weighted by Crippen LogP contribution is -2.04. The van der Waals surface area contributed by atoms with Gasteiger partial charge >= 0.3 is 0 Å². The number of nitrogens with one attached hydrogen (secondary N) is 1. The molecule has 0 saturated heterocycles. The summed E-state index contributed by atoms with van der Waals surface area (Å²) in [4.78, 5) is 0. The molecule has 2 heteroatoms. The molecule has 0 atom stereocenters. The van der Waals surface area contributed by atoms with Gasteiger partial charge in [-0.05, 0) is 49.3 Å². The van der Waals surface area contributed by atoms with Crippen LogP contribution in [0.3, 0.4) is 0 Å². The zero-order valence-electron chi connectivity index (χ0n) is 12.4. The van der Waals surface area contributed by atoms with E-state index in [1.807, 2.05) is 6.07 Å². The second-order valence-corrected chi connectivity index (χ2v) is 5.79. The Balaban J connectivity index is 1.41. The molecule has 0 unspecified atom stereocenters. The van der Waals surface area contributed by atoms with E-state index >= 15 is 0 Å². The van der Waals surface area contributed by atoms with Gasteiger partial charge in [-0.15, -0.1) is 0 Å². The molecular formula is C19H23NO.